The van der Waals surface area contributed by atoms with Gasteiger partial charge < -0.3 is 19.4 Å². The van der Waals surface area contributed by atoms with Gasteiger partial charge in [-0.15, -0.1) is 11.3 Å². The molecule has 2 aromatic heterocycles. The highest BCUT2D eigenvalue weighted by molar-refractivity contribution is 7.18. The largest absolute Gasteiger partial charge is 0.465 e. The first-order valence-corrected chi connectivity index (χ1v) is 8.37. The monoisotopic (exact) mass is 378 g/mol. The Kier molecular flexibility index (Phi) is 5.93. The number of carbonyl (C=O) groups excluding carboxylic acids is 3. The second kappa shape index (κ2) is 7.96. The second-order valence-electron chi connectivity index (χ2n) is 5.42. The van der Waals surface area contributed by atoms with Crippen molar-refractivity contribution in [3.05, 3.63) is 50.3 Å². The normalized spacial score (nSPS) is 10.3. The maximum atomic E-state index is 12.3. The number of hydrogen-bond acceptors (Lipinski definition) is 7. The van der Waals surface area contributed by atoms with E-state index in [0.717, 1.165) is 11.3 Å². The van der Waals surface area contributed by atoms with Gasteiger partial charge in [-0.2, -0.15) is 0 Å². The number of carbonyl (C=O) groups is 3. The van der Waals surface area contributed by atoms with Crippen molar-refractivity contribution in [2.24, 2.45) is 0 Å². The highest BCUT2D eigenvalue weighted by Gasteiger charge is 2.26. The molecule has 0 saturated carbocycles. The molecule has 1 N–H and O–H groups in total. The number of anilines is 1. The number of nitrogens with zero attached hydrogens (tertiary/aromatic N) is 1. The van der Waals surface area contributed by atoms with Gasteiger partial charge >= 0.3 is 11.9 Å². The lowest BCUT2D eigenvalue weighted by molar-refractivity contribution is -0.116. The molecular weight excluding hydrogens is 360 g/mol. The summed E-state index contributed by atoms with van der Waals surface area (Å²) in [6.45, 7) is 2.98. The van der Waals surface area contributed by atoms with E-state index in [4.69, 9.17) is 4.74 Å². The molecule has 8 nitrogen and oxygen atoms in total. The van der Waals surface area contributed by atoms with Gasteiger partial charge in [-0.1, -0.05) is 6.07 Å². The standard InChI is InChI=1S/C17H18N2O6S/c1-9-6-5-7-19(15(9)21)8-11(20)18-14-12(16(22)24-3)10(2)13(26-14)17(23)25-4/h5-7H,8H2,1-4H3,(H,18,20). The molecule has 9 heteroatoms. The van der Waals surface area contributed by atoms with Crippen LogP contribution in [0.15, 0.2) is 23.1 Å². The molecule has 2 heterocycles. The molecule has 0 saturated heterocycles. The molecule has 0 spiro atoms. The average molecular weight is 378 g/mol. The lowest BCUT2D eigenvalue weighted by Gasteiger charge is -2.08. The summed E-state index contributed by atoms with van der Waals surface area (Å²) in [6.07, 6.45) is 1.50. The van der Waals surface area contributed by atoms with Gasteiger partial charge in [0.1, 0.15) is 16.4 Å². The first-order valence-electron chi connectivity index (χ1n) is 7.56. The van der Waals surface area contributed by atoms with Gasteiger partial charge in [0.25, 0.3) is 5.56 Å². The SMILES string of the molecule is COC(=O)c1sc(NC(=O)Cn2cccc(C)c2=O)c(C(=O)OC)c1C. The Morgan fingerprint density at radius 3 is 2.42 bits per heavy atom. The second-order valence-corrected chi connectivity index (χ2v) is 6.44. The van der Waals surface area contributed by atoms with Crippen molar-refractivity contribution in [1.29, 1.82) is 0 Å². The molecule has 0 aromatic carbocycles. The number of aromatic nitrogens is 1. The van der Waals surface area contributed by atoms with E-state index in [-0.39, 0.29) is 27.5 Å². The predicted molar refractivity (Wildman–Crippen MR) is 95.8 cm³/mol. The maximum Gasteiger partial charge on any atom is 0.348 e. The minimum absolute atomic E-state index is 0.0860. The third-order valence-corrected chi connectivity index (χ3v) is 4.87. The lowest BCUT2D eigenvalue weighted by Crippen LogP contribution is -2.28. The van der Waals surface area contributed by atoms with Crippen molar-refractivity contribution in [3.8, 4) is 0 Å². The van der Waals surface area contributed by atoms with E-state index in [0.29, 0.717) is 11.1 Å². The highest BCUT2D eigenvalue weighted by Crippen LogP contribution is 2.34. The van der Waals surface area contributed by atoms with Crippen LogP contribution in [0, 0.1) is 13.8 Å². The predicted octanol–water partition coefficient (Wildman–Crippen LogP) is 1.74. The summed E-state index contributed by atoms with van der Waals surface area (Å²) in [4.78, 5) is 48.4. The van der Waals surface area contributed by atoms with Crippen LogP contribution in [0.4, 0.5) is 5.00 Å². The maximum absolute atomic E-state index is 12.3. The van der Waals surface area contributed by atoms with Crippen LogP contribution in [0.3, 0.4) is 0 Å². The van der Waals surface area contributed by atoms with E-state index in [1.165, 1.54) is 25.0 Å². The molecule has 0 radical (unpaired) electrons. The number of methoxy groups -OCH3 is 2. The average Bonchev–Trinajstić information content (AvgIpc) is 2.93. The number of thiophene rings is 1. The minimum atomic E-state index is -0.683. The third-order valence-electron chi connectivity index (χ3n) is 3.68. The fourth-order valence-corrected chi connectivity index (χ4v) is 3.47. The zero-order valence-corrected chi connectivity index (χ0v) is 15.6. The van der Waals surface area contributed by atoms with E-state index in [9.17, 15) is 19.2 Å². The molecule has 0 aliphatic heterocycles. The van der Waals surface area contributed by atoms with Gasteiger partial charge in [0.05, 0.1) is 19.8 Å². The van der Waals surface area contributed by atoms with Crippen LogP contribution in [-0.4, -0.2) is 36.6 Å². The van der Waals surface area contributed by atoms with E-state index in [2.05, 4.69) is 10.1 Å². The van der Waals surface area contributed by atoms with Gasteiger partial charge in [-0.25, -0.2) is 9.59 Å². The number of rotatable bonds is 5. The van der Waals surface area contributed by atoms with Gasteiger partial charge in [0.2, 0.25) is 5.91 Å². The van der Waals surface area contributed by atoms with Crippen LogP contribution in [-0.2, 0) is 20.8 Å². The van der Waals surface area contributed by atoms with Gasteiger partial charge in [-0.3, -0.25) is 9.59 Å². The number of esters is 2. The molecule has 26 heavy (non-hydrogen) atoms. The number of pyridine rings is 1. The van der Waals surface area contributed by atoms with Gasteiger partial charge in [-0.05, 0) is 25.5 Å². The molecule has 0 unspecified atom stereocenters. The molecule has 2 aromatic rings. The third kappa shape index (κ3) is 3.83. The van der Waals surface area contributed by atoms with Crippen LogP contribution in [0.25, 0.3) is 0 Å². The first-order chi connectivity index (χ1) is 12.3. The van der Waals surface area contributed by atoms with Crippen LogP contribution in [0.5, 0.6) is 0 Å². The van der Waals surface area contributed by atoms with Crippen molar-refractivity contribution >= 4 is 34.2 Å². The minimum Gasteiger partial charge on any atom is -0.465 e. The van der Waals surface area contributed by atoms with E-state index >= 15 is 0 Å². The summed E-state index contributed by atoms with van der Waals surface area (Å²) in [5.74, 6) is -1.81. The number of ether oxygens (including phenoxy) is 2. The van der Waals surface area contributed by atoms with Gasteiger partial charge in [0.15, 0.2) is 0 Å². The van der Waals surface area contributed by atoms with E-state index in [1.54, 1.807) is 26.0 Å². The molecule has 0 aliphatic rings. The quantitative estimate of drug-likeness (QED) is 0.795. The van der Waals surface area contributed by atoms with E-state index < -0.39 is 17.8 Å². The fraction of sp³-hybridized carbons (Fsp3) is 0.294. The Balaban J connectivity index is 2.34. The number of amides is 1. The van der Waals surface area contributed by atoms with Crippen molar-refractivity contribution in [2.45, 2.75) is 20.4 Å². The van der Waals surface area contributed by atoms with Crippen LogP contribution < -0.4 is 10.9 Å². The van der Waals surface area contributed by atoms with Crippen LogP contribution in [0.2, 0.25) is 0 Å². The van der Waals surface area contributed by atoms with Crippen LogP contribution in [0.1, 0.15) is 31.2 Å². The molecular formula is C17H18N2O6S. The summed E-state index contributed by atoms with van der Waals surface area (Å²) < 4.78 is 10.7. The molecule has 0 aliphatic carbocycles. The van der Waals surface area contributed by atoms with Gasteiger partial charge in [0, 0.05) is 11.8 Å². The van der Waals surface area contributed by atoms with Crippen molar-refractivity contribution in [3.63, 3.8) is 0 Å². The van der Waals surface area contributed by atoms with E-state index in [1.807, 2.05) is 0 Å². The van der Waals surface area contributed by atoms with Crippen molar-refractivity contribution in [2.75, 3.05) is 19.5 Å². The highest BCUT2D eigenvalue weighted by atomic mass is 32.1. The lowest BCUT2D eigenvalue weighted by atomic mass is 10.1. The zero-order chi connectivity index (χ0) is 19.4. The Bertz CT molecular complexity index is 928. The van der Waals surface area contributed by atoms with Crippen molar-refractivity contribution in [1.82, 2.24) is 4.57 Å². The smallest absolute Gasteiger partial charge is 0.348 e. The molecule has 138 valence electrons. The van der Waals surface area contributed by atoms with Crippen molar-refractivity contribution < 1.29 is 23.9 Å². The Morgan fingerprint density at radius 2 is 1.81 bits per heavy atom. The molecule has 0 atom stereocenters. The Hall–Kier alpha value is -2.94. The number of hydrogen-bond donors (Lipinski definition) is 1. The summed E-state index contributed by atoms with van der Waals surface area (Å²) in [7, 11) is 2.43. The summed E-state index contributed by atoms with van der Waals surface area (Å²) in [6, 6.07) is 3.31. The molecule has 0 fully saturated rings. The number of aryl methyl sites for hydroxylation is 1. The molecule has 1 amide bonds. The Morgan fingerprint density at radius 1 is 1.15 bits per heavy atom. The summed E-state index contributed by atoms with van der Waals surface area (Å²) in [5.41, 5.74) is 0.670. The fourth-order valence-electron chi connectivity index (χ4n) is 2.34. The first kappa shape index (κ1) is 19.4. The van der Waals surface area contributed by atoms with Crippen LogP contribution >= 0.6 is 11.3 Å². The summed E-state index contributed by atoms with van der Waals surface area (Å²) >= 11 is 0.914. The topological polar surface area (TPSA) is 104 Å². The molecule has 0 bridgehead atoms. The number of nitrogens with one attached hydrogen (secondary N) is 1. The Labute approximate surface area is 153 Å². The zero-order valence-electron chi connectivity index (χ0n) is 14.7. The molecule has 2 rings (SSSR count). The summed E-state index contributed by atoms with van der Waals surface area (Å²) in [5, 5.41) is 2.74.